The van der Waals surface area contributed by atoms with Crippen molar-refractivity contribution >= 4 is 15.7 Å². The van der Waals surface area contributed by atoms with Gasteiger partial charge in [0, 0.05) is 6.26 Å². The highest BCUT2D eigenvalue weighted by molar-refractivity contribution is 7.90. The first-order valence-corrected chi connectivity index (χ1v) is 9.86. The molecule has 148 valence electrons. The molecule has 0 aliphatic carbocycles. The van der Waals surface area contributed by atoms with Gasteiger partial charge in [-0.15, -0.1) is 0 Å². The molecule has 1 unspecified atom stereocenters. The predicted octanol–water partition coefficient (Wildman–Crippen LogP) is 4.22. The number of alkyl halides is 3. The molecule has 1 aromatic carbocycles. The van der Waals surface area contributed by atoms with Gasteiger partial charge >= 0.3 is 6.18 Å². The van der Waals surface area contributed by atoms with Crippen LogP contribution >= 0.6 is 0 Å². The molecule has 1 N–H and O–H groups in total. The lowest BCUT2D eigenvalue weighted by atomic mass is 9.82. The first kappa shape index (κ1) is 21.0. The van der Waals surface area contributed by atoms with Crippen LogP contribution in [0.15, 0.2) is 45.9 Å². The van der Waals surface area contributed by atoms with Gasteiger partial charge in [-0.1, -0.05) is 32.9 Å². The van der Waals surface area contributed by atoms with E-state index in [1.165, 1.54) is 18.2 Å². The molecule has 1 heterocycles. The third-order valence-corrected chi connectivity index (χ3v) is 4.81. The summed E-state index contributed by atoms with van der Waals surface area (Å²) in [6.45, 7) is 5.30. The van der Waals surface area contributed by atoms with Gasteiger partial charge in [-0.05, 0) is 35.2 Å². The van der Waals surface area contributed by atoms with Crippen LogP contribution < -0.4 is 5.32 Å². The van der Waals surface area contributed by atoms with Crippen LogP contribution in [-0.2, 0) is 16.0 Å². The highest BCUT2D eigenvalue weighted by atomic mass is 32.2. The molecule has 1 amide bonds. The van der Waals surface area contributed by atoms with E-state index in [9.17, 15) is 26.4 Å². The van der Waals surface area contributed by atoms with Crippen molar-refractivity contribution in [1.29, 1.82) is 0 Å². The minimum atomic E-state index is -4.51. The van der Waals surface area contributed by atoms with E-state index < -0.39 is 38.9 Å². The predicted molar refractivity (Wildman–Crippen MR) is 92.9 cm³/mol. The third kappa shape index (κ3) is 5.12. The normalized spacial score (nSPS) is 14.0. The second kappa shape index (κ2) is 7.03. The lowest BCUT2D eigenvalue weighted by Crippen LogP contribution is -2.36. The molecule has 0 spiro atoms. The lowest BCUT2D eigenvalue weighted by Gasteiger charge is -2.32. The first-order valence-electron chi connectivity index (χ1n) is 7.97. The number of rotatable bonds is 4. The van der Waals surface area contributed by atoms with Crippen LogP contribution in [0.1, 0.15) is 48.5 Å². The molecule has 0 fully saturated rings. The Morgan fingerprint density at radius 3 is 2.22 bits per heavy atom. The number of carbonyl (C=O) groups excluding carboxylic acids is 1. The Bertz CT molecular complexity index is 940. The quantitative estimate of drug-likeness (QED) is 0.829. The van der Waals surface area contributed by atoms with Crippen molar-refractivity contribution < 1.29 is 30.8 Å². The lowest BCUT2D eigenvalue weighted by molar-refractivity contribution is -0.137. The van der Waals surface area contributed by atoms with Crippen molar-refractivity contribution in [2.24, 2.45) is 5.41 Å². The zero-order valence-electron chi connectivity index (χ0n) is 15.2. The maximum Gasteiger partial charge on any atom is 0.416 e. The number of sulfone groups is 1. The Morgan fingerprint density at radius 2 is 1.74 bits per heavy atom. The van der Waals surface area contributed by atoms with Gasteiger partial charge in [0.15, 0.2) is 5.76 Å². The molecule has 0 aliphatic rings. The van der Waals surface area contributed by atoms with Crippen molar-refractivity contribution in [1.82, 2.24) is 5.32 Å². The molecule has 9 heteroatoms. The van der Waals surface area contributed by atoms with Gasteiger partial charge in [-0.2, -0.15) is 13.2 Å². The van der Waals surface area contributed by atoms with Crippen molar-refractivity contribution in [3.8, 4) is 0 Å². The van der Waals surface area contributed by atoms with Gasteiger partial charge in [0.05, 0.1) is 11.6 Å². The summed E-state index contributed by atoms with van der Waals surface area (Å²) in [5, 5.41) is 2.28. The van der Waals surface area contributed by atoms with E-state index in [0.717, 1.165) is 24.5 Å². The van der Waals surface area contributed by atoms with Gasteiger partial charge in [0.2, 0.25) is 14.9 Å². The molecular formula is C18H20F3NO4S. The van der Waals surface area contributed by atoms with Crippen LogP contribution in [0.25, 0.3) is 0 Å². The fraction of sp³-hybridized carbons (Fsp3) is 0.389. The van der Waals surface area contributed by atoms with Crippen molar-refractivity contribution in [2.75, 3.05) is 6.26 Å². The Kier molecular flexibility index (Phi) is 5.47. The molecule has 0 saturated heterocycles. The van der Waals surface area contributed by atoms with Gasteiger partial charge in [-0.25, -0.2) is 8.42 Å². The number of hydrogen-bond donors (Lipinski definition) is 1. The first-order chi connectivity index (χ1) is 12.2. The second-order valence-corrected chi connectivity index (χ2v) is 9.23. The Morgan fingerprint density at radius 1 is 1.11 bits per heavy atom. The summed E-state index contributed by atoms with van der Waals surface area (Å²) in [7, 11) is -3.62. The molecule has 1 atom stereocenters. The number of hydrogen-bond acceptors (Lipinski definition) is 4. The third-order valence-electron chi connectivity index (χ3n) is 3.86. The van der Waals surface area contributed by atoms with Crippen LogP contribution in [0, 0.1) is 5.41 Å². The molecule has 2 rings (SSSR count). The average molecular weight is 403 g/mol. The second-order valence-electron chi connectivity index (χ2n) is 7.29. The number of furan rings is 1. The standard InChI is InChI=1S/C18H20F3NO4S/c1-17(2,3)15(11-6-5-7-12(10-11)18(19,20)21)22-16(23)13-8-9-14(26-13)27(4,24)25/h5-10,15H,1-4H3,(H,22,23). The number of nitrogens with one attached hydrogen (secondary N) is 1. The SMILES string of the molecule is CC(C)(C)C(NC(=O)c1ccc(S(C)(=O)=O)o1)c1cccc(C(F)(F)F)c1. The van der Waals surface area contributed by atoms with Crippen LogP contribution in [0.3, 0.4) is 0 Å². The molecule has 1 aromatic heterocycles. The van der Waals surface area contributed by atoms with Crippen LogP contribution in [0.2, 0.25) is 0 Å². The van der Waals surface area contributed by atoms with Gasteiger partial charge in [0.25, 0.3) is 5.91 Å². The Labute approximate surface area is 155 Å². The maximum absolute atomic E-state index is 13.0. The van der Waals surface area contributed by atoms with Gasteiger partial charge in [-0.3, -0.25) is 4.79 Å². The molecule has 27 heavy (non-hydrogen) atoms. The van der Waals surface area contributed by atoms with E-state index in [1.54, 1.807) is 20.8 Å². The minimum absolute atomic E-state index is 0.239. The topological polar surface area (TPSA) is 76.4 Å². The van der Waals surface area contributed by atoms with E-state index in [1.807, 2.05) is 0 Å². The Hall–Kier alpha value is -2.29. The van der Waals surface area contributed by atoms with Crippen LogP contribution in [-0.4, -0.2) is 20.6 Å². The monoisotopic (exact) mass is 403 g/mol. The van der Waals surface area contributed by atoms with E-state index in [2.05, 4.69) is 5.32 Å². The zero-order chi connectivity index (χ0) is 20.6. The molecular weight excluding hydrogens is 383 g/mol. The largest absolute Gasteiger partial charge is 0.440 e. The van der Waals surface area contributed by atoms with Crippen molar-refractivity contribution in [2.45, 2.75) is 38.1 Å². The number of halogens is 3. The smallest absolute Gasteiger partial charge is 0.416 e. The number of amides is 1. The molecule has 0 bridgehead atoms. The summed E-state index contributed by atoms with van der Waals surface area (Å²) >= 11 is 0. The minimum Gasteiger partial charge on any atom is -0.440 e. The van der Waals surface area contributed by atoms with Crippen LogP contribution in [0.4, 0.5) is 13.2 Å². The molecule has 2 aromatic rings. The molecule has 0 radical (unpaired) electrons. The Balaban J connectivity index is 2.36. The summed E-state index contributed by atoms with van der Waals surface area (Å²) in [6.07, 6.45) is -3.57. The molecule has 0 saturated carbocycles. The highest BCUT2D eigenvalue weighted by Gasteiger charge is 2.34. The number of benzene rings is 1. The molecule has 5 nitrogen and oxygen atoms in total. The highest BCUT2D eigenvalue weighted by Crippen LogP contribution is 2.36. The fourth-order valence-corrected chi connectivity index (χ4v) is 3.09. The molecule has 0 aliphatic heterocycles. The van der Waals surface area contributed by atoms with Crippen molar-refractivity contribution in [3.63, 3.8) is 0 Å². The van der Waals surface area contributed by atoms with E-state index in [0.29, 0.717) is 0 Å². The van der Waals surface area contributed by atoms with E-state index in [-0.39, 0.29) is 16.4 Å². The van der Waals surface area contributed by atoms with Gasteiger partial charge < -0.3 is 9.73 Å². The maximum atomic E-state index is 13.0. The summed E-state index contributed by atoms with van der Waals surface area (Å²) in [4.78, 5) is 12.5. The van der Waals surface area contributed by atoms with Crippen molar-refractivity contribution in [3.05, 3.63) is 53.3 Å². The average Bonchev–Trinajstić information content (AvgIpc) is 3.00. The summed E-state index contributed by atoms with van der Waals surface area (Å²) in [6, 6.07) is 6.31. The summed E-state index contributed by atoms with van der Waals surface area (Å²) in [5.41, 5.74) is -1.16. The zero-order valence-corrected chi connectivity index (χ0v) is 16.0. The van der Waals surface area contributed by atoms with E-state index >= 15 is 0 Å². The van der Waals surface area contributed by atoms with Crippen LogP contribution in [0.5, 0.6) is 0 Å². The summed E-state index contributed by atoms with van der Waals surface area (Å²) in [5.74, 6) is -0.959. The van der Waals surface area contributed by atoms with E-state index in [4.69, 9.17) is 4.42 Å². The fourth-order valence-electron chi connectivity index (χ4n) is 2.54. The number of carbonyl (C=O) groups is 1. The summed E-state index contributed by atoms with van der Waals surface area (Å²) < 4.78 is 67.0. The van der Waals surface area contributed by atoms with Gasteiger partial charge in [0.1, 0.15) is 0 Å².